The lowest BCUT2D eigenvalue weighted by atomic mass is 9.96. The molecular weight excluding hydrogens is 310 g/mol. The van der Waals surface area contributed by atoms with Crippen molar-refractivity contribution < 1.29 is 8.42 Å². The van der Waals surface area contributed by atoms with E-state index >= 15 is 0 Å². The van der Waals surface area contributed by atoms with Crippen molar-refractivity contribution in [1.29, 1.82) is 0 Å². The van der Waals surface area contributed by atoms with Crippen LogP contribution in [0, 0.1) is 5.92 Å². The molecule has 0 aromatic carbocycles. The molecule has 0 aliphatic heterocycles. The van der Waals surface area contributed by atoms with Crippen molar-refractivity contribution in [2.24, 2.45) is 5.92 Å². The first-order chi connectivity index (χ1) is 10.8. The molecule has 0 aromatic heterocycles. The van der Waals surface area contributed by atoms with Crippen LogP contribution in [0.15, 0.2) is 0 Å². The molecule has 1 aliphatic carbocycles. The third kappa shape index (κ3) is 6.33. The average Bonchev–Trinajstić information content (AvgIpc) is 2.54. The van der Waals surface area contributed by atoms with Crippen LogP contribution < -0.4 is 0 Å². The summed E-state index contributed by atoms with van der Waals surface area (Å²) in [5.41, 5.74) is 0. The van der Waals surface area contributed by atoms with E-state index in [9.17, 15) is 8.42 Å². The van der Waals surface area contributed by atoms with Crippen LogP contribution in [0.2, 0.25) is 0 Å². The van der Waals surface area contributed by atoms with Gasteiger partial charge in [0.2, 0.25) is 0 Å². The predicted molar refractivity (Wildman–Crippen MR) is 97.8 cm³/mol. The average molecular weight is 348 g/mol. The lowest BCUT2D eigenvalue weighted by Gasteiger charge is -2.35. The van der Waals surface area contributed by atoms with Crippen molar-refractivity contribution in [2.75, 3.05) is 39.8 Å². The number of nitrogens with zero attached hydrogens (tertiary/aromatic N) is 3. The summed E-state index contributed by atoms with van der Waals surface area (Å²) in [5, 5.41) is 0. The van der Waals surface area contributed by atoms with E-state index in [4.69, 9.17) is 0 Å². The molecule has 5 nitrogen and oxygen atoms in total. The first-order valence-electron chi connectivity index (χ1n) is 9.28. The van der Waals surface area contributed by atoms with Gasteiger partial charge < -0.3 is 4.90 Å². The molecule has 0 amide bonds. The van der Waals surface area contributed by atoms with Gasteiger partial charge in [0.25, 0.3) is 10.2 Å². The maximum atomic E-state index is 13.1. The zero-order chi connectivity index (χ0) is 17.5. The fraction of sp³-hybridized carbons (Fsp3) is 1.00. The Morgan fingerprint density at radius 1 is 1.00 bits per heavy atom. The summed E-state index contributed by atoms with van der Waals surface area (Å²) in [6, 6.07) is 0.178. The van der Waals surface area contributed by atoms with Gasteiger partial charge in [0, 0.05) is 32.7 Å². The van der Waals surface area contributed by atoms with E-state index in [-0.39, 0.29) is 6.04 Å². The summed E-state index contributed by atoms with van der Waals surface area (Å²) in [7, 11) is -1.59. The largest absolute Gasteiger partial charge is 0.303 e. The first kappa shape index (κ1) is 20.9. The van der Waals surface area contributed by atoms with Gasteiger partial charge in [0.1, 0.15) is 0 Å². The second-order valence-electron chi connectivity index (χ2n) is 7.09. The van der Waals surface area contributed by atoms with E-state index in [1.165, 1.54) is 6.42 Å². The zero-order valence-corrected chi connectivity index (χ0v) is 16.6. The Morgan fingerprint density at radius 2 is 1.57 bits per heavy atom. The molecule has 1 rings (SSSR count). The minimum Gasteiger partial charge on any atom is -0.303 e. The van der Waals surface area contributed by atoms with Crippen LogP contribution in [0.4, 0.5) is 0 Å². The van der Waals surface area contributed by atoms with E-state index in [1.807, 2.05) is 0 Å². The Kier molecular flexibility index (Phi) is 9.04. The fourth-order valence-corrected chi connectivity index (χ4v) is 5.07. The molecule has 0 saturated heterocycles. The van der Waals surface area contributed by atoms with Gasteiger partial charge in [-0.2, -0.15) is 17.0 Å². The summed E-state index contributed by atoms with van der Waals surface area (Å²) >= 11 is 0. The van der Waals surface area contributed by atoms with E-state index in [2.05, 4.69) is 32.6 Å². The Hall–Kier alpha value is -0.170. The van der Waals surface area contributed by atoms with E-state index in [0.29, 0.717) is 19.0 Å². The molecular formula is C17H37N3O2S. The molecule has 138 valence electrons. The lowest BCUT2D eigenvalue weighted by Crippen LogP contribution is -2.50. The number of hydrogen-bond acceptors (Lipinski definition) is 3. The highest BCUT2D eigenvalue weighted by Gasteiger charge is 2.32. The fourth-order valence-electron chi connectivity index (χ4n) is 3.32. The van der Waals surface area contributed by atoms with Gasteiger partial charge in [-0.3, -0.25) is 0 Å². The van der Waals surface area contributed by atoms with E-state index in [0.717, 1.165) is 45.3 Å². The Morgan fingerprint density at radius 3 is 2.04 bits per heavy atom. The van der Waals surface area contributed by atoms with Crippen molar-refractivity contribution in [3.8, 4) is 0 Å². The van der Waals surface area contributed by atoms with Crippen LogP contribution in [0.1, 0.15) is 59.8 Å². The van der Waals surface area contributed by atoms with Crippen LogP contribution in [0.5, 0.6) is 0 Å². The molecule has 1 fully saturated rings. The minimum absolute atomic E-state index is 0.178. The smallest absolute Gasteiger partial charge is 0.282 e. The summed E-state index contributed by atoms with van der Waals surface area (Å²) in [6.45, 7) is 12.3. The Bertz CT molecular complexity index is 416. The predicted octanol–water partition coefficient (Wildman–Crippen LogP) is 2.80. The molecule has 6 heteroatoms. The van der Waals surface area contributed by atoms with Gasteiger partial charge in [0.15, 0.2) is 0 Å². The number of rotatable bonds is 10. The van der Waals surface area contributed by atoms with E-state index in [1.54, 1.807) is 15.7 Å². The highest BCUT2D eigenvalue weighted by molar-refractivity contribution is 7.86. The van der Waals surface area contributed by atoms with E-state index < -0.39 is 10.2 Å². The van der Waals surface area contributed by atoms with Crippen molar-refractivity contribution in [3.63, 3.8) is 0 Å². The normalized spacial score (nSPS) is 17.8. The molecule has 0 unspecified atom stereocenters. The minimum atomic E-state index is -3.37. The molecule has 1 saturated carbocycles. The topological polar surface area (TPSA) is 43.9 Å². The SMILES string of the molecule is CCN(CC)CCN(CC(C)C)S(=O)(=O)N(C)C1CCCCC1. The van der Waals surface area contributed by atoms with Crippen LogP contribution in [-0.2, 0) is 10.2 Å². The van der Waals surface area contributed by atoms with Gasteiger partial charge in [-0.25, -0.2) is 0 Å². The van der Waals surface area contributed by atoms with Gasteiger partial charge in [-0.1, -0.05) is 47.0 Å². The molecule has 23 heavy (non-hydrogen) atoms. The highest BCUT2D eigenvalue weighted by atomic mass is 32.2. The first-order valence-corrected chi connectivity index (χ1v) is 10.7. The quantitative estimate of drug-likeness (QED) is 0.610. The third-order valence-corrected chi connectivity index (χ3v) is 6.92. The van der Waals surface area contributed by atoms with Gasteiger partial charge in [0.05, 0.1) is 0 Å². The summed E-state index contributed by atoms with van der Waals surface area (Å²) in [5.74, 6) is 0.334. The second kappa shape index (κ2) is 9.97. The summed E-state index contributed by atoms with van der Waals surface area (Å²) in [6.07, 6.45) is 5.53. The van der Waals surface area contributed by atoms with Gasteiger partial charge in [-0.15, -0.1) is 0 Å². The van der Waals surface area contributed by atoms with Crippen LogP contribution in [0.25, 0.3) is 0 Å². The monoisotopic (exact) mass is 347 g/mol. The van der Waals surface area contributed by atoms with Crippen LogP contribution >= 0.6 is 0 Å². The Labute approximate surface area is 144 Å². The van der Waals surface area contributed by atoms with Crippen molar-refractivity contribution in [2.45, 2.75) is 65.8 Å². The molecule has 0 heterocycles. The van der Waals surface area contributed by atoms with Crippen molar-refractivity contribution >= 4 is 10.2 Å². The second-order valence-corrected chi connectivity index (χ2v) is 9.08. The van der Waals surface area contributed by atoms with Crippen molar-refractivity contribution in [1.82, 2.24) is 13.5 Å². The molecule has 0 atom stereocenters. The molecule has 0 N–H and O–H groups in total. The molecule has 1 aliphatic rings. The standard InChI is InChI=1S/C17H37N3O2S/c1-6-19(7-2)13-14-20(15-16(3)4)23(21,22)18(5)17-11-9-8-10-12-17/h16-17H,6-15H2,1-5H3. The molecule has 0 spiro atoms. The van der Waals surface area contributed by atoms with Crippen molar-refractivity contribution in [3.05, 3.63) is 0 Å². The molecule has 0 bridgehead atoms. The van der Waals surface area contributed by atoms with Gasteiger partial charge >= 0.3 is 0 Å². The van der Waals surface area contributed by atoms with Crippen LogP contribution in [0.3, 0.4) is 0 Å². The van der Waals surface area contributed by atoms with Crippen LogP contribution in [-0.4, -0.2) is 67.7 Å². The number of likely N-dealkylation sites (N-methyl/N-ethyl adjacent to an activating group) is 1. The maximum Gasteiger partial charge on any atom is 0.282 e. The van der Waals surface area contributed by atoms with Gasteiger partial charge in [-0.05, 0) is 31.8 Å². The zero-order valence-electron chi connectivity index (χ0n) is 15.8. The lowest BCUT2D eigenvalue weighted by molar-refractivity contribution is 0.233. The highest BCUT2D eigenvalue weighted by Crippen LogP contribution is 2.25. The number of hydrogen-bond donors (Lipinski definition) is 0. The third-order valence-electron chi connectivity index (χ3n) is 4.91. The summed E-state index contributed by atoms with van der Waals surface area (Å²) in [4.78, 5) is 2.28. The maximum absolute atomic E-state index is 13.1. The Balaban J connectivity index is 2.80. The molecule has 0 radical (unpaired) electrons. The molecule has 0 aromatic rings. The summed E-state index contributed by atoms with van der Waals surface area (Å²) < 4.78 is 29.5.